The average molecular weight is 474 g/mol. The first-order chi connectivity index (χ1) is 16.5. The molecule has 1 aliphatic rings. The van der Waals surface area contributed by atoms with Crippen LogP contribution in [0.5, 0.6) is 11.5 Å². The van der Waals surface area contributed by atoms with Gasteiger partial charge in [-0.05, 0) is 24.3 Å². The van der Waals surface area contributed by atoms with Gasteiger partial charge in [0.05, 0.1) is 4.92 Å². The van der Waals surface area contributed by atoms with E-state index in [1.165, 1.54) is 28.0 Å². The van der Waals surface area contributed by atoms with Gasteiger partial charge in [-0.25, -0.2) is 0 Å². The second-order valence-electron chi connectivity index (χ2n) is 7.45. The molecule has 0 amide bonds. The van der Waals surface area contributed by atoms with Crippen molar-refractivity contribution in [2.45, 2.75) is 6.10 Å². The molecule has 34 heavy (non-hydrogen) atoms. The quantitative estimate of drug-likeness (QED) is 0.287. The van der Waals surface area contributed by atoms with Crippen LogP contribution >= 0.6 is 11.3 Å². The molecule has 168 valence electrons. The Morgan fingerprint density at radius 2 is 1.97 bits per heavy atom. The van der Waals surface area contributed by atoms with Crippen molar-refractivity contribution in [1.82, 2.24) is 14.6 Å². The number of fused-ring (bicyclic) bond motifs is 2. The third-order valence-corrected chi connectivity index (χ3v) is 6.20. The number of aromatic nitrogens is 3. The van der Waals surface area contributed by atoms with Gasteiger partial charge < -0.3 is 13.9 Å². The van der Waals surface area contributed by atoms with Crippen molar-refractivity contribution in [3.63, 3.8) is 0 Å². The van der Waals surface area contributed by atoms with Gasteiger partial charge in [-0.3, -0.25) is 14.9 Å². The Labute approximate surface area is 194 Å². The monoisotopic (exact) mass is 474 g/mol. The largest absolute Gasteiger partial charge is 0.485 e. The third-order valence-electron chi connectivity index (χ3n) is 5.24. The van der Waals surface area contributed by atoms with Crippen LogP contribution in [0.4, 0.5) is 5.69 Å². The van der Waals surface area contributed by atoms with Gasteiger partial charge >= 0.3 is 0 Å². The van der Waals surface area contributed by atoms with Crippen LogP contribution in [0.25, 0.3) is 22.4 Å². The maximum absolute atomic E-state index is 12.9. The number of nitro benzene ring substituents is 1. The lowest BCUT2D eigenvalue weighted by atomic mass is 10.1. The summed E-state index contributed by atoms with van der Waals surface area (Å²) in [7, 11) is 0. The minimum absolute atomic E-state index is 0.0292. The molecule has 0 saturated carbocycles. The van der Waals surface area contributed by atoms with Crippen LogP contribution in [-0.4, -0.2) is 26.1 Å². The normalized spacial score (nSPS) is 15.6. The summed E-state index contributed by atoms with van der Waals surface area (Å²) in [5.41, 5.74) is 0.211. The van der Waals surface area contributed by atoms with Crippen molar-refractivity contribution < 1.29 is 18.8 Å². The molecule has 0 radical (unpaired) electrons. The molecule has 0 spiro atoms. The molecular formula is C23H14N4O6S. The molecule has 0 saturated heterocycles. The molecule has 1 atom stereocenters. The first-order valence-electron chi connectivity index (χ1n) is 10.2. The zero-order valence-corrected chi connectivity index (χ0v) is 18.1. The maximum atomic E-state index is 12.9. The van der Waals surface area contributed by atoms with Crippen LogP contribution < -0.4 is 19.6 Å². The minimum atomic E-state index is -0.517. The number of para-hydroxylation sites is 2. The molecule has 10 nitrogen and oxygen atoms in total. The lowest BCUT2D eigenvalue weighted by molar-refractivity contribution is -0.384. The fourth-order valence-corrected chi connectivity index (χ4v) is 4.51. The Kier molecular flexibility index (Phi) is 4.62. The fourth-order valence-electron chi connectivity index (χ4n) is 3.62. The summed E-state index contributed by atoms with van der Waals surface area (Å²) in [6.45, 7) is 0.245. The summed E-state index contributed by atoms with van der Waals surface area (Å²) in [4.78, 5) is 28.3. The summed E-state index contributed by atoms with van der Waals surface area (Å²) >= 11 is 1.18. The van der Waals surface area contributed by atoms with Crippen molar-refractivity contribution in [3.05, 3.63) is 97.2 Å². The average Bonchev–Trinajstić information content (AvgIpc) is 3.56. The van der Waals surface area contributed by atoms with Crippen molar-refractivity contribution in [1.29, 1.82) is 0 Å². The highest BCUT2D eigenvalue weighted by Gasteiger charge is 2.27. The van der Waals surface area contributed by atoms with Crippen LogP contribution in [0, 0.1) is 10.1 Å². The number of thiazole rings is 1. The van der Waals surface area contributed by atoms with Crippen molar-refractivity contribution in [2.24, 2.45) is 0 Å². The van der Waals surface area contributed by atoms with Crippen LogP contribution in [0.1, 0.15) is 17.7 Å². The molecule has 4 heterocycles. The first kappa shape index (κ1) is 20.1. The summed E-state index contributed by atoms with van der Waals surface area (Å²) < 4.78 is 19.1. The van der Waals surface area contributed by atoms with Crippen molar-refractivity contribution in [3.8, 4) is 22.8 Å². The number of furan rings is 1. The highest BCUT2D eigenvalue weighted by molar-refractivity contribution is 7.15. The number of non-ortho nitro benzene ring substituents is 1. The molecule has 0 bridgehead atoms. The van der Waals surface area contributed by atoms with Gasteiger partial charge in [0.2, 0.25) is 4.96 Å². The molecule has 6 rings (SSSR count). The number of rotatable bonds is 4. The lowest BCUT2D eigenvalue weighted by Crippen LogP contribution is -2.26. The Morgan fingerprint density at radius 3 is 2.79 bits per heavy atom. The molecule has 11 heteroatoms. The van der Waals surface area contributed by atoms with Crippen LogP contribution in [0.2, 0.25) is 0 Å². The van der Waals surface area contributed by atoms with E-state index in [1.807, 2.05) is 18.2 Å². The number of nitro groups is 1. The molecule has 3 aromatic heterocycles. The van der Waals surface area contributed by atoms with E-state index in [0.717, 1.165) is 0 Å². The van der Waals surface area contributed by atoms with E-state index in [-0.39, 0.29) is 17.9 Å². The van der Waals surface area contributed by atoms with Crippen LogP contribution in [0.3, 0.4) is 0 Å². The second-order valence-corrected chi connectivity index (χ2v) is 8.46. The molecule has 0 aliphatic carbocycles. The predicted octanol–water partition coefficient (Wildman–Crippen LogP) is 3.38. The summed E-state index contributed by atoms with van der Waals surface area (Å²) in [6, 6.07) is 16.9. The van der Waals surface area contributed by atoms with Gasteiger partial charge in [0.15, 0.2) is 23.4 Å². The van der Waals surface area contributed by atoms with Crippen molar-refractivity contribution in [2.75, 3.05) is 6.61 Å². The molecule has 0 fully saturated rings. The van der Waals surface area contributed by atoms with Crippen LogP contribution in [0.15, 0.2) is 69.9 Å². The number of hydrogen-bond donors (Lipinski definition) is 0. The van der Waals surface area contributed by atoms with Crippen LogP contribution in [-0.2, 0) is 0 Å². The minimum Gasteiger partial charge on any atom is -0.485 e. The number of nitrogens with zero attached hydrogens (tertiary/aromatic N) is 4. The molecule has 0 N–H and O–H groups in total. The van der Waals surface area contributed by atoms with E-state index in [9.17, 15) is 14.9 Å². The number of hydrogen-bond acceptors (Lipinski definition) is 9. The Hall–Kier alpha value is -4.51. The van der Waals surface area contributed by atoms with E-state index in [0.29, 0.717) is 43.9 Å². The lowest BCUT2D eigenvalue weighted by Gasteiger charge is -2.24. The van der Waals surface area contributed by atoms with Gasteiger partial charge in [-0.15, -0.1) is 5.10 Å². The topological polar surface area (TPSA) is 122 Å². The van der Waals surface area contributed by atoms with E-state index in [4.69, 9.17) is 13.9 Å². The fraction of sp³-hybridized carbons (Fsp3) is 0.0870. The SMILES string of the molecule is O=c1/c(=C/c2ccc(-c3cccc([N+](=O)[O-])c3)o2)sc2nc(C3COc4ccccc4O3)nn12. The molecule has 2 aromatic carbocycles. The van der Waals surface area contributed by atoms with E-state index >= 15 is 0 Å². The Morgan fingerprint density at radius 1 is 1.12 bits per heavy atom. The van der Waals surface area contributed by atoms with Gasteiger partial charge in [0, 0.05) is 23.8 Å². The number of benzene rings is 2. The van der Waals surface area contributed by atoms with Gasteiger partial charge in [0.25, 0.3) is 11.2 Å². The highest BCUT2D eigenvalue weighted by Crippen LogP contribution is 2.35. The number of ether oxygens (including phenoxy) is 2. The smallest absolute Gasteiger partial charge is 0.291 e. The zero-order chi connectivity index (χ0) is 23.2. The van der Waals surface area contributed by atoms with Crippen molar-refractivity contribution >= 4 is 28.1 Å². The van der Waals surface area contributed by atoms with E-state index < -0.39 is 11.0 Å². The summed E-state index contributed by atoms with van der Waals surface area (Å²) in [5, 5.41) is 15.3. The van der Waals surface area contributed by atoms with Gasteiger partial charge in [-0.2, -0.15) is 9.50 Å². The Balaban J connectivity index is 1.29. The predicted molar refractivity (Wildman–Crippen MR) is 122 cm³/mol. The molecular weight excluding hydrogens is 460 g/mol. The highest BCUT2D eigenvalue weighted by atomic mass is 32.1. The maximum Gasteiger partial charge on any atom is 0.291 e. The van der Waals surface area contributed by atoms with E-state index in [1.54, 1.807) is 36.4 Å². The Bertz CT molecular complexity index is 1670. The zero-order valence-electron chi connectivity index (χ0n) is 17.3. The van der Waals surface area contributed by atoms with E-state index in [2.05, 4.69) is 10.1 Å². The third kappa shape index (κ3) is 3.48. The first-order valence-corrected chi connectivity index (χ1v) is 11.0. The van der Waals surface area contributed by atoms with Gasteiger partial charge in [-0.1, -0.05) is 35.6 Å². The second kappa shape index (κ2) is 7.81. The summed E-state index contributed by atoms with van der Waals surface area (Å²) in [5.74, 6) is 2.52. The van der Waals surface area contributed by atoms with Gasteiger partial charge in [0.1, 0.15) is 22.7 Å². The molecule has 1 aliphatic heterocycles. The molecule has 5 aromatic rings. The molecule has 1 unspecified atom stereocenters. The standard InChI is InChI=1S/C23H14N4O6S/c28-22-20(11-15-8-9-16(32-15)13-4-3-5-14(10-13)27(29)30)34-23-24-21(25-26(22)23)19-12-31-17-6-1-2-7-18(17)33-19/h1-11,19H,12H2/b20-11-. The summed E-state index contributed by atoms with van der Waals surface area (Å²) in [6.07, 6.45) is 1.08.